The van der Waals surface area contributed by atoms with E-state index < -0.39 is 0 Å². The number of hydrogen-bond acceptors (Lipinski definition) is 2. The van der Waals surface area contributed by atoms with Gasteiger partial charge in [0.15, 0.2) is 5.78 Å². The fourth-order valence-corrected chi connectivity index (χ4v) is 2.96. The second kappa shape index (κ2) is 8.90. The van der Waals surface area contributed by atoms with Gasteiger partial charge < -0.3 is 4.90 Å². The molecule has 1 aromatic rings. The maximum atomic E-state index is 12.2. The Morgan fingerprint density at radius 3 is 2.48 bits per heavy atom. The quantitative estimate of drug-likeness (QED) is 0.567. The number of rotatable bonds is 3. The summed E-state index contributed by atoms with van der Waals surface area (Å²) in [5, 5.41) is 0.568. The maximum absolute atomic E-state index is 12.2. The van der Waals surface area contributed by atoms with Crippen molar-refractivity contribution in [1.29, 1.82) is 0 Å². The fourth-order valence-electron chi connectivity index (χ4n) is 2.29. The predicted octanol–water partition coefficient (Wildman–Crippen LogP) is 6.23. The first-order valence-electron chi connectivity index (χ1n) is 7.42. The number of aryl methyl sites for hydroxylation is 1. The lowest BCUT2D eigenvalue weighted by atomic mass is 9.94. The number of benzene rings is 1. The topological polar surface area (TPSA) is 20.3 Å². The highest BCUT2D eigenvalue weighted by Gasteiger charge is 2.21. The molecule has 0 bridgehead atoms. The normalized spacial score (nSPS) is 15.4. The third-order valence-electron chi connectivity index (χ3n) is 3.22. The van der Waals surface area contributed by atoms with Gasteiger partial charge in [-0.3, -0.25) is 4.79 Å². The van der Waals surface area contributed by atoms with Gasteiger partial charge in [0.2, 0.25) is 0 Å². The fraction of sp³-hybridized carbons (Fsp3) is 0.211. The van der Waals surface area contributed by atoms with E-state index in [-0.39, 0.29) is 5.78 Å². The van der Waals surface area contributed by atoms with Crippen LogP contribution in [-0.2, 0) is 4.79 Å². The van der Waals surface area contributed by atoms with Crippen LogP contribution in [0.4, 0.5) is 0 Å². The molecule has 0 fully saturated rings. The molecular weight excluding hydrogens is 374 g/mol. The van der Waals surface area contributed by atoms with Crippen LogP contribution >= 0.6 is 27.5 Å². The van der Waals surface area contributed by atoms with Crippen LogP contribution in [0.15, 0.2) is 59.5 Å². The Balaban J connectivity index is 0.00000127. The number of ketones is 1. The Bertz CT molecular complexity index is 681. The average molecular weight is 395 g/mol. The van der Waals surface area contributed by atoms with Gasteiger partial charge in [-0.1, -0.05) is 44.2 Å². The number of Topliss-reactive ketones (excluding diaryl/α,β-unsaturated/α-hetero) is 1. The Morgan fingerprint density at radius 2 is 1.96 bits per heavy atom. The van der Waals surface area contributed by atoms with Crippen molar-refractivity contribution >= 4 is 38.9 Å². The zero-order valence-electron chi connectivity index (χ0n) is 13.9. The molecule has 0 unspecified atom stereocenters. The summed E-state index contributed by atoms with van der Waals surface area (Å²) < 4.78 is 0.907. The third-order valence-corrected chi connectivity index (χ3v) is 4.00. The molecule has 0 saturated heterocycles. The van der Waals surface area contributed by atoms with Crippen molar-refractivity contribution < 1.29 is 4.79 Å². The molecule has 23 heavy (non-hydrogen) atoms. The van der Waals surface area contributed by atoms with Crippen LogP contribution in [0, 0.1) is 6.92 Å². The van der Waals surface area contributed by atoms with Gasteiger partial charge in [0, 0.05) is 27.5 Å². The highest BCUT2D eigenvalue weighted by atomic mass is 79.9. The second-order valence-electron chi connectivity index (χ2n) is 4.69. The van der Waals surface area contributed by atoms with E-state index in [1.54, 1.807) is 19.2 Å². The molecule has 0 atom stereocenters. The molecule has 2 nitrogen and oxygen atoms in total. The van der Waals surface area contributed by atoms with Gasteiger partial charge in [0.1, 0.15) is 0 Å². The molecule has 4 heteroatoms. The third kappa shape index (κ3) is 4.46. The molecule has 0 saturated carbocycles. The molecule has 1 aliphatic heterocycles. The number of nitrogens with zero attached hydrogens (tertiary/aromatic N) is 1. The van der Waals surface area contributed by atoms with E-state index in [0.717, 1.165) is 21.3 Å². The molecule has 1 heterocycles. The molecule has 0 aliphatic carbocycles. The largest absolute Gasteiger partial charge is 0.323 e. The zero-order valence-corrected chi connectivity index (χ0v) is 16.2. The van der Waals surface area contributed by atoms with E-state index in [4.69, 9.17) is 11.6 Å². The molecule has 2 rings (SSSR count). The molecule has 0 N–H and O–H groups in total. The van der Waals surface area contributed by atoms with Crippen LogP contribution in [0.5, 0.6) is 0 Å². The van der Waals surface area contributed by atoms with Gasteiger partial charge in [-0.05, 0) is 53.6 Å². The van der Waals surface area contributed by atoms with Crippen LogP contribution in [0.2, 0.25) is 5.02 Å². The monoisotopic (exact) mass is 393 g/mol. The standard InChI is InChI=1S/C17H15BrClNO.C2H6/c1-4-20-10-13(18)8-9-15(20)17(12(3)21)16-11(2)6-5-7-14(16)19;1-2/h4-10H,1H2,2-3H3;1-2H3/b17-15+;. The minimum atomic E-state index is -0.0378. The highest BCUT2D eigenvalue weighted by Crippen LogP contribution is 2.34. The molecule has 0 spiro atoms. The van der Waals surface area contributed by atoms with Crippen LogP contribution in [0.3, 0.4) is 0 Å². The van der Waals surface area contributed by atoms with E-state index in [1.165, 1.54) is 0 Å². The smallest absolute Gasteiger partial charge is 0.162 e. The number of carbonyl (C=O) groups excluding carboxylic acids is 1. The molecule has 122 valence electrons. The van der Waals surface area contributed by atoms with Crippen molar-refractivity contribution in [3.63, 3.8) is 0 Å². The summed E-state index contributed by atoms with van der Waals surface area (Å²) in [5.74, 6) is -0.0378. The van der Waals surface area contributed by atoms with E-state index in [1.807, 2.05) is 56.2 Å². The van der Waals surface area contributed by atoms with E-state index in [2.05, 4.69) is 22.5 Å². The minimum absolute atomic E-state index is 0.0378. The van der Waals surface area contributed by atoms with E-state index in [9.17, 15) is 4.79 Å². The second-order valence-corrected chi connectivity index (χ2v) is 6.01. The maximum Gasteiger partial charge on any atom is 0.162 e. The zero-order chi connectivity index (χ0) is 17.6. The summed E-state index contributed by atoms with van der Waals surface area (Å²) in [7, 11) is 0. The van der Waals surface area contributed by atoms with Crippen molar-refractivity contribution in [2.24, 2.45) is 0 Å². The lowest BCUT2D eigenvalue weighted by molar-refractivity contribution is -0.111. The summed E-state index contributed by atoms with van der Waals surface area (Å²) in [6, 6.07) is 5.62. The minimum Gasteiger partial charge on any atom is -0.323 e. The van der Waals surface area contributed by atoms with Crippen LogP contribution in [-0.4, -0.2) is 10.7 Å². The molecule has 0 aromatic heterocycles. The average Bonchev–Trinajstić information content (AvgIpc) is 2.53. The van der Waals surface area contributed by atoms with Crippen molar-refractivity contribution in [3.05, 3.63) is 75.7 Å². The number of halogens is 2. The molecule has 0 radical (unpaired) electrons. The Hall–Kier alpha value is -1.58. The van der Waals surface area contributed by atoms with Gasteiger partial charge >= 0.3 is 0 Å². The summed E-state index contributed by atoms with van der Waals surface area (Å²) >= 11 is 9.75. The molecular formula is C19H21BrClNO. The van der Waals surface area contributed by atoms with E-state index >= 15 is 0 Å². The first kappa shape index (κ1) is 19.5. The molecule has 1 aromatic carbocycles. The van der Waals surface area contributed by atoms with Crippen LogP contribution in [0.1, 0.15) is 31.9 Å². The van der Waals surface area contributed by atoms with Gasteiger partial charge in [0.05, 0.1) is 11.3 Å². The lowest BCUT2D eigenvalue weighted by Gasteiger charge is -2.24. The predicted molar refractivity (Wildman–Crippen MR) is 103 cm³/mol. The van der Waals surface area contributed by atoms with Crippen molar-refractivity contribution in [1.82, 2.24) is 4.90 Å². The van der Waals surface area contributed by atoms with Crippen molar-refractivity contribution in [2.45, 2.75) is 27.7 Å². The van der Waals surface area contributed by atoms with E-state index in [0.29, 0.717) is 10.6 Å². The van der Waals surface area contributed by atoms with Gasteiger partial charge in [-0.25, -0.2) is 0 Å². The first-order chi connectivity index (χ1) is 11.0. The van der Waals surface area contributed by atoms with Crippen LogP contribution in [0.25, 0.3) is 5.57 Å². The Morgan fingerprint density at radius 1 is 1.30 bits per heavy atom. The summed E-state index contributed by atoms with van der Waals surface area (Å²) in [4.78, 5) is 14.1. The number of allylic oxidation sites excluding steroid dienone is 4. The number of carbonyl (C=O) groups is 1. The molecule has 1 aliphatic rings. The van der Waals surface area contributed by atoms with Crippen molar-refractivity contribution in [2.75, 3.05) is 0 Å². The molecule has 0 amide bonds. The summed E-state index contributed by atoms with van der Waals surface area (Å²) in [5.41, 5.74) is 3.08. The van der Waals surface area contributed by atoms with Crippen LogP contribution < -0.4 is 0 Å². The number of hydrogen-bond donors (Lipinski definition) is 0. The van der Waals surface area contributed by atoms with Gasteiger partial charge in [-0.2, -0.15) is 0 Å². The van der Waals surface area contributed by atoms with Crippen molar-refractivity contribution in [3.8, 4) is 0 Å². The highest BCUT2D eigenvalue weighted by molar-refractivity contribution is 9.11. The van der Waals surface area contributed by atoms with Gasteiger partial charge in [-0.15, -0.1) is 0 Å². The Labute approximate surface area is 152 Å². The summed E-state index contributed by atoms with van der Waals surface area (Å²) in [6.07, 6.45) is 7.29. The SMILES string of the molecule is C=CN1C=C(Br)C=C/C1=C(/C(C)=O)c1c(C)cccc1Cl.CC. The first-order valence-corrected chi connectivity index (χ1v) is 8.59. The Kier molecular flexibility index (Phi) is 7.53. The van der Waals surface area contributed by atoms with Gasteiger partial charge in [0.25, 0.3) is 0 Å². The summed E-state index contributed by atoms with van der Waals surface area (Å²) in [6.45, 7) is 11.3. The lowest BCUT2D eigenvalue weighted by Crippen LogP contribution is -2.15.